The van der Waals surface area contributed by atoms with Crippen LogP contribution in [0.15, 0.2) is 42.5 Å². The summed E-state index contributed by atoms with van der Waals surface area (Å²) in [5, 5.41) is 3.39. The molecule has 0 fully saturated rings. The number of halogens is 1. The van der Waals surface area contributed by atoms with E-state index in [-0.39, 0.29) is 11.9 Å². The molecule has 0 radical (unpaired) electrons. The molecule has 0 saturated heterocycles. The molecule has 0 spiro atoms. The van der Waals surface area contributed by atoms with Crippen molar-refractivity contribution in [2.45, 2.75) is 26.4 Å². The average molecular weight is 273 g/mol. The Labute approximate surface area is 119 Å². The van der Waals surface area contributed by atoms with E-state index in [9.17, 15) is 4.39 Å². The first-order valence-electron chi connectivity index (χ1n) is 6.72. The molecule has 0 aliphatic heterocycles. The van der Waals surface area contributed by atoms with Crippen molar-refractivity contribution in [3.05, 3.63) is 65.0 Å². The summed E-state index contributed by atoms with van der Waals surface area (Å²) in [4.78, 5) is 0. The lowest BCUT2D eigenvalue weighted by Gasteiger charge is -2.15. The van der Waals surface area contributed by atoms with Crippen LogP contribution in [0.4, 0.5) is 4.39 Å². The minimum atomic E-state index is -0.154. The topological polar surface area (TPSA) is 21.3 Å². The first-order valence-corrected chi connectivity index (χ1v) is 6.72. The Balaban J connectivity index is 2.00. The maximum atomic E-state index is 13.5. The predicted molar refractivity (Wildman–Crippen MR) is 79.4 cm³/mol. The molecule has 20 heavy (non-hydrogen) atoms. The lowest BCUT2D eigenvalue weighted by molar-refractivity contribution is 0.413. The third kappa shape index (κ3) is 3.58. The molecule has 2 nitrogen and oxygen atoms in total. The summed E-state index contributed by atoms with van der Waals surface area (Å²) >= 11 is 0. The number of methoxy groups -OCH3 is 1. The van der Waals surface area contributed by atoms with Crippen LogP contribution in [0.1, 0.15) is 29.7 Å². The van der Waals surface area contributed by atoms with Crippen LogP contribution in [0.25, 0.3) is 0 Å². The quantitative estimate of drug-likeness (QED) is 0.889. The van der Waals surface area contributed by atoms with Crippen LogP contribution in [0, 0.1) is 12.7 Å². The van der Waals surface area contributed by atoms with E-state index in [0.29, 0.717) is 12.1 Å². The monoisotopic (exact) mass is 273 g/mol. The molecule has 0 unspecified atom stereocenters. The smallest absolute Gasteiger partial charge is 0.126 e. The first-order chi connectivity index (χ1) is 9.60. The van der Waals surface area contributed by atoms with Crippen LogP contribution < -0.4 is 10.1 Å². The van der Waals surface area contributed by atoms with Crippen LogP contribution in [0.3, 0.4) is 0 Å². The first kappa shape index (κ1) is 14.5. The largest absolute Gasteiger partial charge is 0.497 e. The summed E-state index contributed by atoms with van der Waals surface area (Å²) in [6, 6.07) is 13.5. The molecule has 0 aliphatic carbocycles. The molecule has 2 rings (SSSR count). The molecule has 106 valence electrons. The molecule has 0 heterocycles. The molecule has 0 saturated carbocycles. The van der Waals surface area contributed by atoms with Gasteiger partial charge in [0.05, 0.1) is 7.11 Å². The molecule has 2 aromatic carbocycles. The van der Waals surface area contributed by atoms with Crippen molar-refractivity contribution in [1.82, 2.24) is 5.32 Å². The second-order valence-electron chi connectivity index (χ2n) is 4.96. The molecule has 1 atom stereocenters. The third-order valence-electron chi connectivity index (χ3n) is 3.44. The van der Waals surface area contributed by atoms with Gasteiger partial charge in [-0.05, 0) is 48.7 Å². The number of hydrogen-bond acceptors (Lipinski definition) is 2. The highest BCUT2D eigenvalue weighted by Gasteiger charge is 2.06. The summed E-state index contributed by atoms with van der Waals surface area (Å²) in [5.41, 5.74) is 2.77. The van der Waals surface area contributed by atoms with E-state index in [4.69, 9.17) is 4.74 Å². The van der Waals surface area contributed by atoms with Crippen LogP contribution >= 0.6 is 0 Å². The van der Waals surface area contributed by atoms with Gasteiger partial charge in [-0.1, -0.05) is 24.3 Å². The fourth-order valence-corrected chi connectivity index (χ4v) is 2.05. The Morgan fingerprint density at radius 2 is 2.00 bits per heavy atom. The Bertz CT molecular complexity index is 583. The van der Waals surface area contributed by atoms with Crippen LogP contribution in [-0.2, 0) is 6.54 Å². The summed E-state index contributed by atoms with van der Waals surface area (Å²) < 4.78 is 18.7. The lowest BCUT2D eigenvalue weighted by Crippen LogP contribution is -2.18. The van der Waals surface area contributed by atoms with Gasteiger partial charge in [-0.3, -0.25) is 0 Å². The standard InChI is InChI=1S/C17H20FNO/c1-12-7-8-14(9-17(12)18)11-19-13(2)15-5-4-6-16(10-15)20-3/h4-10,13,19H,11H2,1-3H3/t13-/m0/s1. The van der Waals surface area contributed by atoms with E-state index < -0.39 is 0 Å². The van der Waals surface area contributed by atoms with Crippen molar-refractivity contribution < 1.29 is 9.13 Å². The number of nitrogens with one attached hydrogen (secondary N) is 1. The molecule has 0 bridgehead atoms. The SMILES string of the molecule is COc1cccc([C@H](C)NCc2ccc(C)c(F)c2)c1. The summed E-state index contributed by atoms with van der Waals surface area (Å²) in [7, 11) is 1.66. The predicted octanol–water partition coefficient (Wildman–Crippen LogP) is 3.99. The van der Waals surface area contributed by atoms with Crippen molar-refractivity contribution in [3.8, 4) is 5.75 Å². The molecule has 2 aromatic rings. The number of ether oxygens (including phenoxy) is 1. The van der Waals surface area contributed by atoms with Crippen molar-refractivity contribution >= 4 is 0 Å². The molecule has 0 aliphatic rings. The van der Waals surface area contributed by atoms with Crippen molar-refractivity contribution in [3.63, 3.8) is 0 Å². The van der Waals surface area contributed by atoms with Crippen LogP contribution in [0.2, 0.25) is 0 Å². The van der Waals surface area contributed by atoms with Gasteiger partial charge in [0.1, 0.15) is 11.6 Å². The van der Waals surface area contributed by atoms with Crippen LogP contribution in [0.5, 0.6) is 5.75 Å². The van der Waals surface area contributed by atoms with E-state index in [2.05, 4.69) is 18.3 Å². The van der Waals surface area contributed by atoms with E-state index in [0.717, 1.165) is 16.9 Å². The Kier molecular flexibility index (Phi) is 4.74. The van der Waals surface area contributed by atoms with Crippen molar-refractivity contribution in [2.24, 2.45) is 0 Å². The van der Waals surface area contributed by atoms with Gasteiger partial charge in [0.25, 0.3) is 0 Å². The van der Waals surface area contributed by atoms with E-state index in [1.165, 1.54) is 0 Å². The van der Waals surface area contributed by atoms with Crippen molar-refractivity contribution in [2.75, 3.05) is 7.11 Å². The fraction of sp³-hybridized carbons (Fsp3) is 0.294. The lowest BCUT2D eigenvalue weighted by atomic mass is 10.1. The maximum Gasteiger partial charge on any atom is 0.126 e. The number of hydrogen-bond donors (Lipinski definition) is 1. The third-order valence-corrected chi connectivity index (χ3v) is 3.44. The molecule has 0 aromatic heterocycles. The van der Waals surface area contributed by atoms with Gasteiger partial charge in [-0.2, -0.15) is 0 Å². The molecule has 3 heteroatoms. The highest BCUT2D eigenvalue weighted by Crippen LogP contribution is 2.19. The number of benzene rings is 2. The molecular weight excluding hydrogens is 253 g/mol. The van der Waals surface area contributed by atoms with Gasteiger partial charge in [-0.15, -0.1) is 0 Å². The van der Waals surface area contributed by atoms with E-state index in [1.807, 2.05) is 30.3 Å². The normalized spacial score (nSPS) is 12.2. The van der Waals surface area contributed by atoms with Gasteiger partial charge in [0, 0.05) is 12.6 Å². The van der Waals surface area contributed by atoms with Crippen molar-refractivity contribution in [1.29, 1.82) is 0 Å². The van der Waals surface area contributed by atoms with E-state index >= 15 is 0 Å². The van der Waals surface area contributed by atoms with Crippen LogP contribution in [-0.4, -0.2) is 7.11 Å². The Morgan fingerprint density at radius 1 is 1.20 bits per heavy atom. The number of rotatable bonds is 5. The summed E-state index contributed by atoms with van der Waals surface area (Å²) in [6.45, 7) is 4.49. The van der Waals surface area contributed by atoms with Gasteiger partial charge in [0.15, 0.2) is 0 Å². The highest BCUT2D eigenvalue weighted by atomic mass is 19.1. The van der Waals surface area contributed by atoms with Gasteiger partial charge in [-0.25, -0.2) is 4.39 Å². The van der Waals surface area contributed by atoms with Gasteiger partial charge < -0.3 is 10.1 Å². The molecule has 1 N–H and O–H groups in total. The maximum absolute atomic E-state index is 13.5. The second-order valence-corrected chi connectivity index (χ2v) is 4.96. The second kappa shape index (κ2) is 6.53. The zero-order chi connectivity index (χ0) is 14.5. The Morgan fingerprint density at radius 3 is 2.70 bits per heavy atom. The minimum Gasteiger partial charge on any atom is -0.497 e. The minimum absolute atomic E-state index is 0.154. The van der Waals surface area contributed by atoms with Gasteiger partial charge in [0.2, 0.25) is 0 Å². The molecule has 0 amide bonds. The summed E-state index contributed by atoms with van der Waals surface area (Å²) in [5.74, 6) is 0.691. The zero-order valence-corrected chi connectivity index (χ0v) is 12.1. The molecular formula is C17H20FNO. The van der Waals surface area contributed by atoms with E-state index in [1.54, 1.807) is 20.1 Å². The Hall–Kier alpha value is -1.87. The fourth-order valence-electron chi connectivity index (χ4n) is 2.05. The zero-order valence-electron chi connectivity index (χ0n) is 12.1. The highest BCUT2D eigenvalue weighted by molar-refractivity contribution is 5.30. The number of aryl methyl sites for hydroxylation is 1. The summed E-state index contributed by atoms with van der Waals surface area (Å²) in [6.07, 6.45) is 0. The average Bonchev–Trinajstić information content (AvgIpc) is 2.48. The van der Waals surface area contributed by atoms with Gasteiger partial charge >= 0.3 is 0 Å².